The van der Waals surface area contributed by atoms with E-state index in [4.69, 9.17) is 16.3 Å². The molecule has 0 bridgehead atoms. The molecule has 0 spiro atoms. The van der Waals surface area contributed by atoms with Crippen molar-refractivity contribution in [2.45, 2.75) is 45.4 Å². The third kappa shape index (κ3) is 5.92. The molecule has 2 nitrogen and oxygen atoms in total. The fourth-order valence-corrected chi connectivity index (χ4v) is 1.19. The summed E-state index contributed by atoms with van der Waals surface area (Å²) in [6, 6.07) is 0. The molecule has 0 aliphatic heterocycles. The van der Waals surface area contributed by atoms with E-state index < -0.39 is 5.38 Å². The number of hydrogen-bond acceptors (Lipinski definition) is 2. The molecule has 78 valence electrons. The fraction of sp³-hybridized carbons (Fsp3) is 0.900. The van der Waals surface area contributed by atoms with E-state index in [0.29, 0.717) is 12.5 Å². The molecule has 0 saturated carbocycles. The monoisotopic (exact) mass is 206 g/mol. The minimum Gasteiger partial charge on any atom is -0.464 e. The van der Waals surface area contributed by atoms with Gasteiger partial charge in [-0.3, -0.25) is 4.79 Å². The Labute approximate surface area is 85.6 Å². The number of halogens is 1. The van der Waals surface area contributed by atoms with E-state index in [9.17, 15) is 4.79 Å². The first-order chi connectivity index (χ1) is 6.11. The highest BCUT2D eigenvalue weighted by atomic mass is 35.5. The Kier molecular flexibility index (Phi) is 7.06. The Balaban J connectivity index is 3.65. The van der Waals surface area contributed by atoms with Crippen LogP contribution in [0.4, 0.5) is 0 Å². The van der Waals surface area contributed by atoms with Crippen LogP contribution in [-0.2, 0) is 9.53 Å². The zero-order valence-electron chi connectivity index (χ0n) is 8.68. The fourth-order valence-electron chi connectivity index (χ4n) is 1.13. The first kappa shape index (κ1) is 12.8. The van der Waals surface area contributed by atoms with Crippen LogP contribution in [0.2, 0.25) is 0 Å². The average molecular weight is 207 g/mol. The van der Waals surface area contributed by atoms with Gasteiger partial charge in [-0.05, 0) is 19.3 Å². The smallest absolute Gasteiger partial charge is 0.323 e. The van der Waals surface area contributed by atoms with Gasteiger partial charge in [-0.2, -0.15) is 0 Å². The molecular formula is C10H19ClO2. The number of ether oxygens (including phenoxy) is 1. The maximum absolute atomic E-state index is 11.0. The lowest BCUT2D eigenvalue weighted by Crippen LogP contribution is -2.19. The molecule has 2 atom stereocenters. The van der Waals surface area contributed by atoms with Gasteiger partial charge < -0.3 is 4.74 Å². The number of carbonyl (C=O) groups excluding carboxylic acids is 1. The number of carbonyl (C=O) groups is 1. The Morgan fingerprint density at radius 1 is 1.46 bits per heavy atom. The van der Waals surface area contributed by atoms with E-state index in [1.165, 1.54) is 0 Å². The normalized spacial score (nSPS) is 15.1. The zero-order valence-corrected chi connectivity index (χ0v) is 9.43. The Morgan fingerprint density at radius 3 is 2.46 bits per heavy atom. The highest BCUT2D eigenvalue weighted by Gasteiger charge is 2.13. The lowest BCUT2D eigenvalue weighted by Gasteiger charge is -2.14. The largest absolute Gasteiger partial charge is 0.464 e. The summed E-state index contributed by atoms with van der Waals surface area (Å²) in [5.41, 5.74) is 0. The van der Waals surface area contributed by atoms with Crippen molar-refractivity contribution in [3.8, 4) is 0 Å². The van der Waals surface area contributed by atoms with E-state index >= 15 is 0 Å². The van der Waals surface area contributed by atoms with E-state index in [1.54, 1.807) is 6.92 Å². The van der Waals surface area contributed by atoms with Crippen LogP contribution in [0, 0.1) is 5.92 Å². The summed E-state index contributed by atoms with van der Waals surface area (Å²) in [6.45, 7) is 6.39. The lowest BCUT2D eigenvalue weighted by molar-refractivity contribution is -0.144. The number of esters is 1. The summed E-state index contributed by atoms with van der Waals surface area (Å²) in [7, 11) is 0. The van der Waals surface area contributed by atoms with Crippen LogP contribution >= 0.6 is 11.6 Å². The summed E-state index contributed by atoms with van der Waals surface area (Å²) < 4.78 is 5.04. The number of hydrogen-bond donors (Lipinski definition) is 0. The minimum atomic E-state index is -0.529. The third-order valence-electron chi connectivity index (χ3n) is 2.06. The van der Waals surface area contributed by atoms with Gasteiger partial charge in [0, 0.05) is 0 Å². The van der Waals surface area contributed by atoms with Crippen molar-refractivity contribution >= 4 is 17.6 Å². The molecule has 13 heavy (non-hydrogen) atoms. The molecule has 0 aromatic heterocycles. The standard InChI is InChI=1S/C10H19ClO2/c1-4-6-9(5-2)7-13-10(12)8(3)11/h8-9H,4-7H2,1-3H3. The zero-order chi connectivity index (χ0) is 10.3. The summed E-state index contributed by atoms with van der Waals surface area (Å²) in [6.07, 6.45) is 3.30. The highest BCUT2D eigenvalue weighted by molar-refractivity contribution is 6.29. The molecule has 0 heterocycles. The van der Waals surface area contributed by atoms with Crippen molar-refractivity contribution in [2.75, 3.05) is 6.61 Å². The van der Waals surface area contributed by atoms with E-state index in [-0.39, 0.29) is 5.97 Å². The summed E-state index contributed by atoms with van der Waals surface area (Å²) in [5, 5.41) is -0.529. The van der Waals surface area contributed by atoms with Crippen molar-refractivity contribution in [3.05, 3.63) is 0 Å². The third-order valence-corrected chi connectivity index (χ3v) is 2.24. The van der Waals surface area contributed by atoms with Gasteiger partial charge in [-0.25, -0.2) is 0 Å². The van der Waals surface area contributed by atoms with Crippen LogP contribution in [0.25, 0.3) is 0 Å². The summed E-state index contributed by atoms with van der Waals surface area (Å²) in [5.74, 6) is 0.181. The first-order valence-electron chi connectivity index (χ1n) is 4.92. The molecule has 3 heteroatoms. The van der Waals surface area contributed by atoms with Crippen LogP contribution in [-0.4, -0.2) is 18.0 Å². The summed E-state index contributed by atoms with van der Waals surface area (Å²) >= 11 is 5.56. The van der Waals surface area contributed by atoms with Crippen LogP contribution in [0.3, 0.4) is 0 Å². The minimum absolute atomic E-state index is 0.309. The molecule has 0 rings (SSSR count). The molecular weight excluding hydrogens is 188 g/mol. The lowest BCUT2D eigenvalue weighted by atomic mass is 10.0. The van der Waals surface area contributed by atoms with Gasteiger partial charge in [-0.15, -0.1) is 11.6 Å². The van der Waals surface area contributed by atoms with Gasteiger partial charge in [0.1, 0.15) is 5.38 Å². The molecule has 2 unspecified atom stereocenters. The topological polar surface area (TPSA) is 26.3 Å². The predicted molar refractivity (Wildman–Crippen MR) is 55.0 cm³/mol. The highest BCUT2D eigenvalue weighted by Crippen LogP contribution is 2.11. The van der Waals surface area contributed by atoms with E-state index in [1.807, 2.05) is 0 Å². The van der Waals surface area contributed by atoms with Crippen LogP contribution in [0.5, 0.6) is 0 Å². The van der Waals surface area contributed by atoms with Gasteiger partial charge in [0.25, 0.3) is 0 Å². The van der Waals surface area contributed by atoms with Crippen LogP contribution in [0.1, 0.15) is 40.0 Å². The molecule has 0 aliphatic carbocycles. The molecule has 0 N–H and O–H groups in total. The maximum atomic E-state index is 11.0. The number of alkyl halides is 1. The Hall–Kier alpha value is -0.240. The molecule has 0 saturated heterocycles. The second-order valence-corrected chi connectivity index (χ2v) is 3.96. The van der Waals surface area contributed by atoms with E-state index in [0.717, 1.165) is 19.3 Å². The van der Waals surface area contributed by atoms with Crippen molar-refractivity contribution in [1.82, 2.24) is 0 Å². The molecule has 0 amide bonds. The first-order valence-corrected chi connectivity index (χ1v) is 5.36. The second-order valence-electron chi connectivity index (χ2n) is 3.31. The van der Waals surface area contributed by atoms with Gasteiger partial charge in [-0.1, -0.05) is 26.7 Å². The van der Waals surface area contributed by atoms with Crippen LogP contribution < -0.4 is 0 Å². The van der Waals surface area contributed by atoms with Crippen molar-refractivity contribution in [1.29, 1.82) is 0 Å². The maximum Gasteiger partial charge on any atom is 0.323 e. The van der Waals surface area contributed by atoms with Crippen molar-refractivity contribution in [2.24, 2.45) is 5.92 Å². The molecule has 0 aromatic rings. The molecule has 0 aromatic carbocycles. The molecule has 0 fully saturated rings. The SMILES string of the molecule is CCCC(CC)COC(=O)C(C)Cl. The van der Waals surface area contributed by atoms with E-state index in [2.05, 4.69) is 13.8 Å². The number of rotatable bonds is 6. The predicted octanol–water partition coefficient (Wildman–Crippen LogP) is 2.98. The van der Waals surface area contributed by atoms with Crippen molar-refractivity contribution in [3.63, 3.8) is 0 Å². The quantitative estimate of drug-likeness (QED) is 0.494. The van der Waals surface area contributed by atoms with Gasteiger partial charge in [0.05, 0.1) is 6.61 Å². The summed E-state index contributed by atoms with van der Waals surface area (Å²) in [4.78, 5) is 11.0. The molecule has 0 aliphatic rings. The average Bonchev–Trinajstić information content (AvgIpc) is 2.11. The van der Waals surface area contributed by atoms with Crippen LogP contribution in [0.15, 0.2) is 0 Å². The van der Waals surface area contributed by atoms with Gasteiger partial charge in [0.2, 0.25) is 0 Å². The second kappa shape index (κ2) is 7.19. The molecule has 0 radical (unpaired) electrons. The Morgan fingerprint density at radius 2 is 2.08 bits per heavy atom. The van der Waals surface area contributed by atoms with Crippen molar-refractivity contribution < 1.29 is 9.53 Å². The van der Waals surface area contributed by atoms with Gasteiger partial charge >= 0.3 is 5.97 Å². The Bertz CT molecular complexity index is 146. The van der Waals surface area contributed by atoms with Gasteiger partial charge in [0.15, 0.2) is 0 Å².